The predicted molar refractivity (Wildman–Crippen MR) is 94.4 cm³/mol. The van der Waals surface area contributed by atoms with E-state index in [4.69, 9.17) is 20.3 Å². The molecule has 2 heterocycles. The standard InChI is InChI=1S/C18H22FN3O3/c1-12-8-15(19)16(20)11-14(12)13-9-17(22-2-5-24-6-3-22)21-18(10-13)25-7-4-23/h8-11,23H,2-7,20H2,1H3. The lowest BCUT2D eigenvalue weighted by molar-refractivity contribution is 0.122. The smallest absolute Gasteiger partial charge is 0.215 e. The molecule has 0 radical (unpaired) electrons. The molecular formula is C18H22FN3O3. The summed E-state index contributed by atoms with van der Waals surface area (Å²) in [6.07, 6.45) is 0. The summed E-state index contributed by atoms with van der Waals surface area (Å²) in [7, 11) is 0. The van der Waals surface area contributed by atoms with Crippen molar-refractivity contribution in [2.24, 2.45) is 0 Å². The van der Waals surface area contributed by atoms with E-state index in [1.807, 2.05) is 13.0 Å². The average molecular weight is 347 g/mol. The quantitative estimate of drug-likeness (QED) is 0.805. The second-order valence-corrected chi connectivity index (χ2v) is 5.91. The predicted octanol–water partition coefficient (Wildman–Crippen LogP) is 1.99. The zero-order valence-corrected chi connectivity index (χ0v) is 14.2. The Morgan fingerprint density at radius 2 is 2.04 bits per heavy atom. The van der Waals surface area contributed by atoms with E-state index in [0.29, 0.717) is 19.1 Å². The van der Waals surface area contributed by atoms with Crippen molar-refractivity contribution in [2.75, 3.05) is 50.2 Å². The number of pyridine rings is 1. The minimum Gasteiger partial charge on any atom is -0.475 e. The van der Waals surface area contributed by atoms with Crippen LogP contribution < -0.4 is 15.4 Å². The minimum atomic E-state index is -0.430. The molecule has 7 heteroatoms. The first-order valence-corrected chi connectivity index (χ1v) is 8.23. The Morgan fingerprint density at radius 1 is 1.28 bits per heavy atom. The van der Waals surface area contributed by atoms with Gasteiger partial charge in [0.1, 0.15) is 18.2 Å². The Labute approximate surface area is 146 Å². The summed E-state index contributed by atoms with van der Waals surface area (Å²) in [6.45, 7) is 4.65. The normalized spacial score (nSPS) is 14.6. The van der Waals surface area contributed by atoms with Crippen molar-refractivity contribution >= 4 is 11.5 Å². The van der Waals surface area contributed by atoms with Crippen molar-refractivity contribution in [2.45, 2.75) is 6.92 Å². The van der Waals surface area contributed by atoms with Crippen LogP contribution in [0.4, 0.5) is 15.9 Å². The molecule has 0 atom stereocenters. The third-order valence-electron chi connectivity index (χ3n) is 4.12. The first-order chi connectivity index (χ1) is 12.1. The number of ether oxygens (including phenoxy) is 2. The van der Waals surface area contributed by atoms with Gasteiger partial charge in [-0.3, -0.25) is 0 Å². The maximum atomic E-state index is 13.7. The summed E-state index contributed by atoms with van der Waals surface area (Å²) < 4.78 is 24.6. The second kappa shape index (κ2) is 7.67. The summed E-state index contributed by atoms with van der Waals surface area (Å²) in [5.74, 6) is 0.742. The van der Waals surface area contributed by atoms with Gasteiger partial charge in [0, 0.05) is 19.2 Å². The second-order valence-electron chi connectivity index (χ2n) is 5.91. The summed E-state index contributed by atoms with van der Waals surface area (Å²) >= 11 is 0. The molecular weight excluding hydrogens is 325 g/mol. The van der Waals surface area contributed by atoms with Gasteiger partial charge in [0.05, 0.1) is 25.5 Å². The molecule has 3 N–H and O–H groups in total. The van der Waals surface area contributed by atoms with Crippen LogP contribution in [0, 0.1) is 12.7 Å². The van der Waals surface area contributed by atoms with Crippen molar-refractivity contribution in [3.63, 3.8) is 0 Å². The van der Waals surface area contributed by atoms with Gasteiger partial charge in [-0.05, 0) is 41.8 Å². The van der Waals surface area contributed by atoms with Crippen LogP contribution in [0.2, 0.25) is 0 Å². The lowest BCUT2D eigenvalue weighted by atomic mass is 10.00. The number of aliphatic hydroxyl groups is 1. The fourth-order valence-electron chi connectivity index (χ4n) is 2.83. The molecule has 0 aliphatic carbocycles. The van der Waals surface area contributed by atoms with E-state index >= 15 is 0 Å². The highest BCUT2D eigenvalue weighted by atomic mass is 19.1. The van der Waals surface area contributed by atoms with Gasteiger partial charge in [-0.2, -0.15) is 4.98 Å². The third-order valence-corrected chi connectivity index (χ3v) is 4.12. The van der Waals surface area contributed by atoms with Crippen LogP contribution in [-0.2, 0) is 4.74 Å². The van der Waals surface area contributed by atoms with Gasteiger partial charge >= 0.3 is 0 Å². The zero-order chi connectivity index (χ0) is 17.8. The SMILES string of the molecule is Cc1cc(F)c(N)cc1-c1cc(OCCO)nc(N2CCOCC2)c1. The molecule has 3 rings (SSSR count). The molecule has 1 aliphatic rings. The third kappa shape index (κ3) is 4.00. The highest BCUT2D eigenvalue weighted by Crippen LogP contribution is 2.32. The number of aliphatic hydroxyl groups excluding tert-OH is 1. The van der Waals surface area contributed by atoms with E-state index in [2.05, 4.69) is 9.88 Å². The number of nitrogens with two attached hydrogens (primary N) is 1. The molecule has 1 saturated heterocycles. The molecule has 0 bridgehead atoms. The van der Waals surface area contributed by atoms with Crippen LogP contribution >= 0.6 is 0 Å². The number of benzene rings is 1. The van der Waals surface area contributed by atoms with Gasteiger partial charge < -0.3 is 25.2 Å². The van der Waals surface area contributed by atoms with E-state index in [0.717, 1.165) is 35.6 Å². The number of halogens is 1. The van der Waals surface area contributed by atoms with Gasteiger partial charge in [-0.25, -0.2) is 4.39 Å². The van der Waals surface area contributed by atoms with Crippen molar-refractivity contribution in [1.82, 2.24) is 4.98 Å². The molecule has 1 aromatic heterocycles. The number of rotatable bonds is 5. The van der Waals surface area contributed by atoms with Crippen LogP contribution in [0.15, 0.2) is 24.3 Å². The minimum absolute atomic E-state index is 0.0959. The van der Waals surface area contributed by atoms with Crippen LogP contribution in [0.25, 0.3) is 11.1 Å². The lowest BCUT2D eigenvalue weighted by Crippen LogP contribution is -2.36. The monoisotopic (exact) mass is 347 g/mol. The maximum absolute atomic E-state index is 13.7. The molecule has 134 valence electrons. The molecule has 1 fully saturated rings. The number of aryl methyl sites for hydroxylation is 1. The largest absolute Gasteiger partial charge is 0.475 e. The zero-order valence-electron chi connectivity index (χ0n) is 14.2. The van der Waals surface area contributed by atoms with E-state index in [1.165, 1.54) is 6.07 Å². The molecule has 25 heavy (non-hydrogen) atoms. The number of anilines is 2. The first kappa shape index (κ1) is 17.4. The number of hydrogen-bond donors (Lipinski definition) is 2. The molecule has 2 aromatic rings. The summed E-state index contributed by atoms with van der Waals surface area (Å²) in [6, 6.07) is 6.77. The van der Waals surface area contributed by atoms with E-state index in [9.17, 15) is 4.39 Å². The summed E-state index contributed by atoms with van der Waals surface area (Å²) in [5.41, 5.74) is 8.29. The van der Waals surface area contributed by atoms with Crippen molar-refractivity contribution in [3.8, 4) is 17.0 Å². The summed E-state index contributed by atoms with van der Waals surface area (Å²) in [5, 5.41) is 9.01. The number of nitrogen functional groups attached to an aromatic ring is 1. The Kier molecular flexibility index (Phi) is 5.35. The summed E-state index contributed by atoms with van der Waals surface area (Å²) in [4.78, 5) is 6.63. The number of nitrogens with zero attached hydrogens (tertiary/aromatic N) is 2. The highest BCUT2D eigenvalue weighted by Gasteiger charge is 2.16. The van der Waals surface area contributed by atoms with Crippen LogP contribution in [-0.4, -0.2) is 49.6 Å². The van der Waals surface area contributed by atoms with Crippen LogP contribution in [0.5, 0.6) is 5.88 Å². The van der Waals surface area contributed by atoms with E-state index in [-0.39, 0.29) is 18.9 Å². The van der Waals surface area contributed by atoms with E-state index < -0.39 is 5.82 Å². The fraction of sp³-hybridized carbons (Fsp3) is 0.389. The Bertz CT molecular complexity index is 749. The van der Waals surface area contributed by atoms with Gasteiger partial charge in [-0.15, -0.1) is 0 Å². The molecule has 1 aliphatic heterocycles. The molecule has 0 unspecified atom stereocenters. The Balaban J connectivity index is 2.03. The number of morpholine rings is 1. The van der Waals surface area contributed by atoms with Crippen LogP contribution in [0.3, 0.4) is 0 Å². The molecule has 0 amide bonds. The van der Waals surface area contributed by atoms with E-state index in [1.54, 1.807) is 12.1 Å². The highest BCUT2D eigenvalue weighted by molar-refractivity contribution is 5.74. The first-order valence-electron chi connectivity index (χ1n) is 8.23. The molecule has 6 nitrogen and oxygen atoms in total. The number of hydrogen-bond acceptors (Lipinski definition) is 6. The van der Waals surface area contributed by atoms with Gasteiger partial charge in [0.25, 0.3) is 0 Å². The Morgan fingerprint density at radius 3 is 2.76 bits per heavy atom. The van der Waals surface area contributed by atoms with Crippen LogP contribution in [0.1, 0.15) is 5.56 Å². The van der Waals surface area contributed by atoms with Crippen molar-refractivity contribution in [3.05, 3.63) is 35.6 Å². The fourth-order valence-corrected chi connectivity index (χ4v) is 2.83. The Hall–Kier alpha value is -2.38. The topological polar surface area (TPSA) is 80.8 Å². The molecule has 0 saturated carbocycles. The van der Waals surface area contributed by atoms with Gasteiger partial charge in [0.2, 0.25) is 5.88 Å². The lowest BCUT2D eigenvalue weighted by Gasteiger charge is -2.28. The number of aromatic nitrogens is 1. The molecule has 1 aromatic carbocycles. The van der Waals surface area contributed by atoms with Crippen molar-refractivity contribution < 1.29 is 19.0 Å². The molecule has 0 spiro atoms. The average Bonchev–Trinajstić information content (AvgIpc) is 2.63. The van der Waals surface area contributed by atoms with Crippen molar-refractivity contribution in [1.29, 1.82) is 0 Å². The van der Waals surface area contributed by atoms with Gasteiger partial charge in [0.15, 0.2) is 0 Å². The maximum Gasteiger partial charge on any atom is 0.215 e. The van der Waals surface area contributed by atoms with Gasteiger partial charge in [-0.1, -0.05) is 0 Å².